The normalized spacial score (nSPS) is 23.8. The molecule has 1 fully saturated rings. The summed E-state index contributed by atoms with van der Waals surface area (Å²) >= 11 is 1.33. The molecule has 11 heteroatoms. The smallest absolute Gasteiger partial charge is 0.404 e. The molecule has 0 bridgehead atoms. The number of nitrogens with two attached hydrogens (primary N) is 2. The van der Waals surface area contributed by atoms with Crippen LogP contribution in [-0.2, 0) is 28.6 Å². The third-order valence-electron chi connectivity index (χ3n) is 3.28. The number of hydrogen-bond donors (Lipinski definition) is 2. The fraction of sp³-hybridized carbons (Fsp3) is 0.538. The molecule has 2 aliphatic rings. The molecule has 2 rings (SSSR count). The topological polar surface area (TPSA) is 151 Å². The number of thioether (sulfide) groups is 1. The molecule has 2 aliphatic heterocycles. The van der Waals surface area contributed by atoms with Crippen molar-refractivity contribution in [1.82, 2.24) is 4.90 Å². The molecule has 0 aromatic heterocycles. The summed E-state index contributed by atoms with van der Waals surface area (Å²) in [5, 5.41) is -0.401. The van der Waals surface area contributed by atoms with Crippen molar-refractivity contribution in [3.63, 3.8) is 0 Å². The van der Waals surface area contributed by atoms with Gasteiger partial charge in [-0.25, -0.2) is 9.59 Å². The zero-order chi connectivity index (χ0) is 18.0. The van der Waals surface area contributed by atoms with E-state index < -0.39 is 41.6 Å². The Balaban J connectivity index is 2.22. The van der Waals surface area contributed by atoms with Gasteiger partial charge in [-0.1, -0.05) is 0 Å². The standard InChI is InChI=1S/C13H17N3O7S/c1-5(17)22-6(2)23-12(19)9-7(3-21-13(15)20)4-24-11-8(14)10(18)16(9)11/h6,8,11H,3-4,14H2,1-2H3,(H2,15,20)/t6?,8-,11-/m1/s1. The highest BCUT2D eigenvalue weighted by Crippen LogP contribution is 2.39. The lowest BCUT2D eigenvalue weighted by Crippen LogP contribution is -2.68. The number of primary amides is 1. The molecule has 0 radical (unpaired) electrons. The maximum atomic E-state index is 12.4. The first kappa shape index (κ1) is 18.1. The molecule has 2 heterocycles. The van der Waals surface area contributed by atoms with Crippen molar-refractivity contribution in [3.05, 3.63) is 11.3 Å². The average Bonchev–Trinajstić information content (AvgIpc) is 2.49. The number of carbonyl (C=O) groups excluding carboxylic acids is 4. The minimum absolute atomic E-state index is 0.0642. The van der Waals surface area contributed by atoms with Gasteiger partial charge in [0.05, 0.1) is 0 Å². The van der Waals surface area contributed by atoms with Gasteiger partial charge in [0, 0.05) is 25.2 Å². The van der Waals surface area contributed by atoms with Crippen LogP contribution in [0.5, 0.6) is 0 Å². The summed E-state index contributed by atoms with van der Waals surface area (Å²) in [5.41, 5.74) is 10.9. The number of esters is 2. The first-order chi connectivity index (χ1) is 11.2. The predicted octanol–water partition coefficient (Wildman–Crippen LogP) is -0.969. The monoisotopic (exact) mass is 359 g/mol. The number of β-lactam (4-membered cyclic amide) rings is 1. The van der Waals surface area contributed by atoms with Crippen LogP contribution in [-0.4, -0.2) is 58.9 Å². The van der Waals surface area contributed by atoms with E-state index in [0.717, 1.165) is 0 Å². The Kier molecular flexibility index (Phi) is 5.34. The van der Waals surface area contributed by atoms with Gasteiger partial charge in [-0.15, -0.1) is 11.8 Å². The van der Waals surface area contributed by atoms with E-state index in [1.165, 1.54) is 30.5 Å². The van der Waals surface area contributed by atoms with Gasteiger partial charge < -0.3 is 25.7 Å². The molecule has 10 nitrogen and oxygen atoms in total. The van der Waals surface area contributed by atoms with Crippen LogP contribution >= 0.6 is 11.8 Å². The zero-order valence-electron chi connectivity index (χ0n) is 13.0. The molecular formula is C13H17N3O7S. The minimum atomic E-state index is -1.14. The summed E-state index contributed by atoms with van der Waals surface area (Å²) in [5.74, 6) is -1.64. The maximum absolute atomic E-state index is 12.4. The third-order valence-corrected chi connectivity index (χ3v) is 4.64. The highest BCUT2D eigenvalue weighted by atomic mass is 32.2. The molecule has 0 saturated carbocycles. The quantitative estimate of drug-likeness (QED) is 0.359. The van der Waals surface area contributed by atoms with Gasteiger partial charge in [-0.3, -0.25) is 14.5 Å². The maximum Gasteiger partial charge on any atom is 0.404 e. The number of hydrogen-bond acceptors (Lipinski definition) is 9. The van der Waals surface area contributed by atoms with Gasteiger partial charge >= 0.3 is 18.0 Å². The van der Waals surface area contributed by atoms with Crippen LogP contribution in [0.25, 0.3) is 0 Å². The lowest BCUT2D eigenvalue weighted by atomic mass is 10.0. The van der Waals surface area contributed by atoms with Crippen molar-refractivity contribution in [2.24, 2.45) is 11.5 Å². The van der Waals surface area contributed by atoms with Gasteiger partial charge in [0.25, 0.3) is 0 Å². The number of ether oxygens (including phenoxy) is 3. The van der Waals surface area contributed by atoms with Crippen LogP contribution in [0.3, 0.4) is 0 Å². The molecule has 0 aliphatic carbocycles. The summed E-state index contributed by atoms with van der Waals surface area (Å²) in [7, 11) is 0. The third kappa shape index (κ3) is 3.62. The number of carbonyl (C=O) groups is 4. The summed E-state index contributed by atoms with van der Waals surface area (Å²) in [6.45, 7) is 2.26. The molecule has 3 atom stereocenters. The second-order valence-corrected chi connectivity index (χ2v) is 6.18. The summed E-state index contributed by atoms with van der Waals surface area (Å²) in [6, 6.07) is -0.720. The Labute approximate surface area is 141 Å². The van der Waals surface area contributed by atoms with Crippen LogP contribution in [0.1, 0.15) is 13.8 Å². The molecule has 1 unspecified atom stereocenters. The van der Waals surface area contributed by atoms with Crippen molar-refractivity contribution >= 4 is 35.7 Å². The Morgan fingerprint density at radius 2 is 2.04 bits per heavy atom. The molecule has 132 valence electrons. The Morgan fingerprint density at radius 3 is 2.62 bits per heavy atom. The molecule has 1 saturated heterocycles. The van der Waals surface area contributed by atoms with Crippen molar-refractivity contribution in [2.45, 2.75) is 31.6 Å². The fourth-order valence-electron chi connectivity index (χ4n) is 2.30. The van der Waals surface area contributed by atoms with Gasteiger partial charge in [0.15, 0.2) is 0 Å². The van der Waals surface area contributed by atoms with Gasteiger partial charge in [0.1, 0.15) is 23.7 Å². The SMILES string of the molecule is CC(=O)OC(C)OC(=O)C1=C(COC(N)=O)CS[C@@H]2[C@H](N)C(=O)N12. The number of amides is 2. The van der Waals surface area contributed by atoms with E-state index in [-0.39, 0.29) is 12.3 Å². The number of nitrogens with zero attached hydrogens (tertiary/aromatic N) is 1. The molecule has 4 N–H and O–H groups in total. The number of fused-ring (bicyclic) bond motifs is 1. The Morgan fingerprint density at radius 1 is 1.38 bits per heavy atom. The second-order valence-electron chi connectivity index (χ2n) is 5.08. The zero-order valence-corrected chi connectivity index (χ0v) is 13.8. The van der Waals surface area contributed by atoms with E-state index in [1.807, 2.05) is 0 Å². The van der Waals surface area contributed by atoms with Crippen molar-refractivity contribution in [3.8, 4) is 0 Å². The van der Waals surface area contributed by atoms with Crippen LogP contribution in [0, 0.1) is 0 Å². The van der Waals surface area contributed by atoms with Crippen molar-refractivity contribution < 1.29 is 33.4 Å². The second kappa shape index (κ2) is 7.09. The van der Waals surface area contributed by atoms with E-state index in [0.29, 0.717) is 11.3 Å². The Hall–Kier alpha value is -2.27. The van der Waals surface area contributed by atoms with Crippen LogP contribution in [0.15, 0.2) is 11.3 Å². The largest absolute Gasteiger partial charge is 0.445 e. The highest BCUT2D eigenvalue weighted by molar-refractivity contribution is 8.00. The van der Waals surface area contributed by atoms with Crippen LogP contribution in [0.2, 0.25) is 0 Å². The van der Waals surface area contributed by atoms with Crippen molar-refractivity contribution in [1.29, 1.82) is 0 Å². The van der Waals surface area contributed by atoms with Crippen LogP contribution in [0.4, 0.5) is 4.79 Å². The lowest BCUT2D eigenvalue weighted by molar-refractivity contribution is -0.182. The molecule has 0 aromatic carbocycles. The van der Waals surface area contributed by atoms with E-state index in [1.54, 1.807) is 0 Å². The molecular weight excluding hydrogens is 342 g/mol. The fourth-order valence-corrected chi connectivity index (χ4v) is 3.58. The van der Waals surface area contributed by atoms with Gasteiger partial charge in [-0.2, -0.15) is 0 Å². The van der Waals surface area contributed by atoms with E-state index >= 15 is 0 Å². The minimum Gasteiger partial charge on any atom is -0.445 e. The first-order valence-corrected chi connectivity index (χ1v) is 8.00. The lowest BCUT2D eigenvalue weighted by Gasteiger charge is -2.48. The summed E-state index contributed by atoms with van der Waals surface area (Å²) < 4.78 is 14.5. The predicted molar refractivity (Wildman–Crippen MR) is 80.9 cm³/mol. The van der Waals surface area contributed by atoms with Gasteiger partial charge in [0.2, 0.25) is 12.2 Å². The van der Waals surface area contributed by atoms with Crippen LogP contribution < -0.4 is 11.5 Å². The van der Waals surface area contributed by atoms with E-state index in [4.69, 9.17) is 25.7 Å². The first-order valence-electron chi connectivity index (χ1n) is 6.95. The van der Waals surface area contributed by atoms with E-state index in [9.17, 15) is 19.2 Å². The molecule has 0 spiro atoms. The Bertz CT molecular complexity index is 621. The summed E-state index contributed by atoms with van der Waals surface area (Å²) in [6.07, 6.45) is -2.15. The van der Waals surface area contributed by atoms with Crippen molar-refractivity contribution in [2.75, 3.05) is 12.4 Å². The molecule has 0 aromatic rings. The highest BCUT2D eigenvalue weighted by Gasteiger charge is 2.52. The molecule has 24 heavy (non-hydrogen) atoms. The van der Waals surface area contributed by atoms with E-state index in [2.05, 4.69) is 0 Å². The number of rotatable bonds is 5. The average molecular weight is 359 g/mol. The summed E-state index contributed by atoms with van der Waals surface area (Å²) in [4.78, 5) is 47.3. The molecule has 2 amide bonds. The van der Waals surface area contributed by atoms with Gasteiger partial charge in [-0.05, 0) is 0 Å².